The monoisotopic (exact) mass is 237 g/mol. The molecule has 2 unspecified atom stereocenters. The van der Waals surface area contributed by atoms with Crippen LogP contribution in [0.2, 0.25) is 0 Å². The summed E-state index contributed by atoms with van der Waals surface area (Å²) in [5.41, 5.74) is 0. The van der Waals surface area contributed by atoms with Gasteiger partial charge in [0.15, 0.2) is 6.10 Å². The van der Waals surface area contributed by atoms with Gasteiger partial charge in [0.1, 0.15) is 0 Å². The molecule has 0 radical (unpaired) electrons. The predicted octanol–water partition coefficient (Wildman–Crippen LogP) is 1.38. The van der Waals surface area contributed by atoms with E-state index in [-0.39, 0.29) is 5.92 Å². The van der Waals surface area contributed by atoms with Gasteiger partial charge in [-0.1, -0.05) is 12.2 Å². The molecule has 6 heteroatoms. The van der Waals surface area contributed by atoms with Gasteiger partial charge in [0.05, 0.1) is 6.54 Å². The molecule has 3 nitrogen and oxygen atoms in total. The van der Waals surface area contributed by atoms with Crippen LogP contribution in [0.5, 0.6) is 0 Å². The van der Waals surface area contributed by atoms with Crippen molar-refractivity contribution in [3.8, 4) is 0 Å². The molecule has 0 aliphatic heterocycles. The second-order valence-electron chi connectivity index (χ2n) is 3.78. The Hall–Kier alpha value is -1.04. The SMILES string of the molecule is O=C(NCC(O)C(F)(F)F)C1CC=CCC1. The number of aliphatic hydroxyl groups excluding tert-OH is 1. The Kier molecular flexibility index (Phi) is 4.35. The third kappa shape index (κ3) is 3.84. The van der Waals surface area contributed by atoms with E-state index in [1.807, 2.05) is 12.2 Å². The second-order valence-corrected chi connectivity index (χ2v) is 3.78. The van der Waals surface area contributed by atoms with Crippen molar-refractivity contribution >= 4 is 5.91 Å². The maximum absolute atomic E-state index is 11.9. The molecule has 0 bridgehead atoms. The van der Waals surface area contributed by atoms with Gasteiger partial charge in [0, 0.05) is 5.92 Å². The van der Waals surface area contributed by atoms with E-state index >= 15 is 0 Å². The minimum Gasteiger partial charge on any atom is -0.382 e. The summed E-state index contributed by atoms with van der Waals surface area (Å²) in [7, 11) is 0. The van der Waals surface area contributed by atoms with Crippen molar-refractivity contribution in [1.82, 2.24) is 5.32 Å². The van der Waals surface area contributed by atoms with E-state index < -0.39 is 24.7 Å². The molecule has 0 aromatic rings. The van der Waals surface area contributed by atoms with Gasteiger partial charge < -0.3 is 10.4 Å². The molecule has 0 aromatic heterocycles. The molecule has 0 heterocycles. The van der Waals surface area contributed by atoms with Gasteiger partial charge in [-0.2, -0.15) is 13.2 Å². The lowest BCUT2D eigenvalue weighted by Gasteiger charge is -2.19. The number of amides is 1. The van der Waals surface area contributed by atoms with Crippen LogP contribution in [0.3, 0.4) is 0 Å². The highest BCUT2D eigenvalue weighted by Crippen LogP contribution is 2.20. The largest absolute Gasteiger partial charge is 0.416 e. The van der Waals surface area contributed by atoms with Crippen LogP contribution in [0.15, 0.2) is 12.2 Å². The highest BCUT2D eigenvalue weighted by Gasteiger charge is 2.38. The van der Waals surface area contributed by atoms with Crippen LogP contribution in [-0.2, 0) is 4.79 Å². The number of allylic oxidation sites excluding steroid dienone is 2. The molecule has 2 atom stereocenters. The summed E-state index contributed by atoms with van der Waals surface area (Å²) in [6.45, 7) is -0.775. The zero-order valence-electron chi connectivity index (χ0n) is 8.63. The summed E-state index contributed by atoms with van der Waals surface area (Å²) in [5.74, 6) is -0.696. The van der Waals surface area contributed by atoms with Crippen molar-refractivity contribution < 1.29 is 23.1 Å². The van der Waals surface area contributed by atoms with Crippen molar-refractivity contribution in [1.29, 1.82) is 0 Å². The van der Waals surface area contributed by atoms with Gasteiger partial charge >= 0.3 is 6.18 Å². The molecule has 0 saturated carbocycles. The van der Waals surface area contributed by atoms with Crippen LogP contribution in [-0.4, -0.2) is 29.8 Å². The first-order valence-electron chi connectivity index (χ1n) is 5.08. The third-order valence-corrected chi connectivity index (χ3v) is 2.49. The number of halogens is 3. The fourth-order valence-corrected chi connectivity index (χ4v) is 1.49. The molecule has 2 N–H and O–H groups in total. The number of hydrogen-bond acceptors (Lipinski definition) is 2. The van der Waals surface area contributed by atoms with Crippen LogP contribution in [0.1, 0.15) is 19.3 Å². The Labute approximate surface area is 91.3 Å². The summed E-state index contributed by atoms with van der Waals surface area (Å²) in [6.07, 6.45) is -1.43. The summed E-state index contributed by atoms with van der Waals surface area (Å²) < 4.78 is 35.8. The minimum absolute atomic E-state index is 0.273. The van der Waals surface area contributed by atoms with Crippen LogP contribution in [0.4, 0.5) is 13.2 Å². The molecule has 1 rings (SSSR count). The van der Waals surface area contributed by atoms with Crippen molar-refractivity contribution in [2.24, 2.45) is 5.92 Å². The molecular formula is C10H14F3NO2. The van der Waals surface area contributed by atoms with E-state index in [2.05, 4.69) is 5.32 Å². The van der Waals surface area contributed by atoms with E-state index in [0.29, 0.717) is 12.8 Å². The molecule has 0 spiro atoms. The summed E-state index contributed by atoms with van der Waals surface area (Å²) in [6, 6.07) is 0. The molecule has 1 aliphatic carbocycles. The number of rotatable bonds is 3. The first-order chi connectivity index (χ1) is 7.41. The van der Waals surface area contributed by atoms with Crippen LogP contribution < -0.4 is 5.32 Å². The zero-order valence-corrected chi connectivity index (χ0v) is 8.63. The average Bonchev–Trinajstić information content (AvgIpc) is 2.25. The highest BCUT2D eigenvalue weighted by molar-refractivity contribution is 5.78. The fourth-order valence-electron chi connectivity index (χ4n) is 1.49. The quantitative estimate of drug-likeness (QED) is 0.728. The Morgan fingerprint density at radius 2 is 2.19 bits per heavy atom. The molecule has 0 aromatic carbocycles. The molecule has 1 aliphatic rings. The smallest absolute Gasteiger partial charge is 0.382 e. The number of alkyl halides is 3. The average molecular weight is 237 g/mol. The Morgan fingerprint density at radius 1 is 1.50 bits per heavy atom. The normalized spacial score (nSPS) is 22.9. The third-order valence-electron chi connectivity index (χ3n) is 2.49. The summed E-state index contributed by atoms with van der Waals surface area (Å²) in [5, 5.41) is 10.8. The van der Waals surface area contributed by atoms with Crippen LogP contribution in [0, 0.1) is 5.92 Å². The summed E-state index contributed by atoms with van der Waals surface area (Å²) in [4.78, 5) is 11.4. The number of hydrogen-bond donors (Lipinski definition) is 2. The highest BCUT2D eigenvalue weighted by atomic mass is 19.4. The molecular weight excluding hydrogens is 223 g/mol. The molecule has 0 fully saturated rings. The molecule has 0 saturated heterocycles. The van der Waals surface area contributed by atoms with E-state index in [1.54, 1.807) is 0 Å². The Balaban J connectivity index is 2.32. The Morgan fingerprint density at radius 3 is 2.69 bits per heavy atom. The van der Waals surface area contributed by atoms with Gasteiger partial charge in [-0.15, -0.1) is 0 Å². The predicted molar refractivity (Wildman–Crippen MR) is 51.6 cm³/mol. The second kappa shape index (κ2) is 5.34. The molecule has 92 valence electrons. The van der Waals surface area contributed by atoms with Crippen molar-refractivity contribution in [2.45, 2.75) is 31.5 Å². The first kappa shape index (κ1) is 13.0. The van der Waals surface area contributed by atoms with E-state index in [4.69, 9.17) is 5.11 Å². The van der Waals surface area contributed by atoms with Crippen molar-refractivity contribution in [3.63, 3.8) is 0 Å². The first-order valence-corrected chi connectivity index (χ1v) is 5.08. The van der Waals surface area contributed by atoms with Crippen molar-refractivity contribution in [3.05, 3.63) is 12.2 Å². The zero-order chi connectivity index (χ0) is 12.2. The maximum Gasteiger partial charge on any atom is 0.416 e. The lowest BCUT2D eigenvalue weighted by molar-refractivity contribution is -0.202. The van der Waals surface area contributed by atoms with E-state index in [1.165, 1.54) is 0 Å². The number of aliphatic hydroxyl groups is 1. The number of nitrogens with one attached hydrogen (secondary N) is 1. The van der Waals surface area contributed by atoms with E-state index in [9.17, 15) is 18.0 Å². The van der Waals surface area contributed by atoms with Gasteiger partial charge in [0.2, 0.25) is 5.91 Å². The van der Waals surface area contributed by atoms with Crippen molar-refractivity contribution in [2.75, 3.05) is 6.54 Å². The van der Waals surface area contributed by atoms with Crippen LogP contribution in [0.25, 0.3) is 0 Å². The Bertz CT molecular complexity index is 276. The molecule has 16 heavy (non-hydrogen) atoms. The lowest BCUT2D eigenvalue weighted by atomic mass is 9.94. The minimum atomic E-state index is -4.68. The number of carbonyl (C=O) groups is 1. The van der Waals surface area contributed by atoms with Gasteiger partial charge in [0.25, 0.3) is 0 Å². The summed E-state index contributed by atoms with van der Waals surface area (Å²) >= 11 is 0. The fraction of sp³-hybridized carbons (Fsp3) is 0.700. The van der Waals surface area contributed by atoms with Gasteiger partial charge in [-0.3, -0.25) is 4.79 Å². The van der Waals surface area contributed by atoms with Gasteiger partial charge in [-0.25, -0.2) is 0 Å². The lowest BCUT2D eigenvalue weighted by Crippen LogP contribution is -2.42. The molecule has 1 amide bonds. The topological polar surface area (TPSA) is 49.3 Å². The number of carbonyl (C=O) groups excluding carboxylic acids is 1. The van der Waals surface area contributed by atoms with E-state index in [0.717, 1.165) is 6.42 Å². The van der Waals surface area contributed by atoms with Gasteiger partial charge in [-0.05, 0) is 19.3 Å². The standard InChI is InChI=1S/C10H14F3NO2/c11-10(12,13)8(15)6-14-9(16)7-4-2-1-3-5-7/h1-2,7-8,15H,3-6H2,(H,14,16). The van der Waals surface area contributed by atoms with Crippen LogP contribution >= 0.6 is 0 Å². The maximum atomic E-state index is 11.9.